The van der Waals surface area contributed by atoms with Gasteiger partial charge in [-0.15, -0.1) is 11.8 Å². The average Bonchev–Trinajstić information content (AvgIpc) is 2.25. The first-order chi connectivity index (χ1) is 8.29. The molecule has 0 aliphatic rings. The van der Waals surface area contributed by atoms with Crippen LogP contribution in [0.3, 0.4) is 0 Å². The number of ether oxygens (including phenoxy) is 1. The molecule has 102 valence electrons. The molecule has 4 heteroatoms. The Morgan fingerprint density at radius 3 is 2.28 bits per heavy atom. The van der Waals surface area contributed by atoms with Crippen molar-refractivity contribution < 1.29 is 9.84 Å². The highest BCUT2D eigenvalue weighted by Gasteiger charge is 2.23. The number of thioether (sulfide) groups is 1. The lowest BCUT2D eigenvalue weighted by Gasteiger charge is -2.25. The second-order valence-corrected chi connectivity index (χ2v) is 6.94. The van der Waals surface area contributed by atoms with Crippen molar-refractivity contribution in [1.29, 1.82) is 0 Å². The minimum absolute atomic E-state index is 0.209. The van der Waals surface area contributed by atoms with Crippen LogP contribution in [-0.4, -0.2) is 28.6 Å². The van der Waals surface area contributed by atoms with Crippen molar-refractivity contribution in [1.82, 2.24) is 0 Å². The summed E-state index contributed by atoms with van der Waals surface area (Å²) in [5.41, 5.74) is 5.14. The molecule has 0 saturated carbocycles. The SMILES string of the molecule is CC(C)Sc1ccc(OCC(O)C(C)(C)N)cc1. The van der Waals surface area contributed by atoms with E-state index in [9.17, 15) is 5.11 Å². The third-order valence-corrected chi connectivity index (χ3v) is 3.48. The Bertz CT molecular complexity index is 357. The summed E-state index contributed by atoms with van der Waals surface area (Å²) in [4.78, 5) is 1.22. The van der Waals surface area contributed by atoms with Crippen LogP contribution in [0.15, 0.2) is 29.2 Å². The van der Waals surface area contributed by atoms with E-state index in [1.807, 2.05) is 36.0 Å². The van der Waals surface area contributed by atoms with E-state index in [0.717, 1.165) is 5.75 Å². The highest BCUT2D eigenvalue weighted by atomic mass is 32.2. The van der Waals surface area contributed by atoms with E-state index in [4.69, 9.17) is 10.5 Å². The highest BCUT2D eigenvalue weighted by molar-refractivity contribution is 7.99. The fourth-order valence-corrected chi connectivity index (χ4v) is 2.11. The van der Waals surface area contributed by atoms with Crippen LogP contribution in [0.25, 0.3) is 0 Å². The summed E-state index contributed by atoms with van der Waals surface area (Å²) in [5.74, 6) is 0.756. The number of nitrogens with two attached hydrogens (primary N) is 1. The fourth-order valence-electron chi connectivity index (χ4n) is 1.28. The summed E-state index contributed by atoms with van der Waals surface area (Å²) in [5, 5.41) is 10.3. The summed E-state index contributed by atoms with van der Waals surface area (Å²) in [7, 11) is 0. The van der Waals surface area contributed by atoms with Crippen molar-refractivity contribution in [3.63, 3.8) is 0 Å². The van der Waals surface area contributed by atoms with Crippen LogP contribution in [-0.2, 0) is 0 Å². The van der Waals surface area contributed by atoms with E-state index >= 15 is 0 Å². The molecule has 1 aromatic rings. The molecule has 3 N–H and O–H groups in total. The van der Waals surface area contributed by atoms with Crippen molar-refractivity contribution >= 4 is 11.8 Å². The number of hydrogen-bond acceptors (Lipinski definition) is 4. The summed E-state index contributed by atoms with van der Waals surface area (Å²) < 4.78 is 5.52. The van der Waals surface area contributed by atoms with Gasteiger partial charge in [0.1, 0.15) is 18.5 Å². The fraction of sp³-hybridized carbons (Fsp3) is 0.571. The third-order valence-electron chi connectivity index (χ3n) is 2.46. The van der Waals surface area contributed by atoms with Gasteiger partial charge < -0.3 is 15.6 Å². The van der Waals surface area contributed by atoms with Crippen molar-refractivity contribution in [3.8, 4) is 5.75 Å². The van der Waals surface area contributed by atoms with E-state index in [1.54, 1.807) is 13.8 Å². The Kier molecular flexibility index (Phi) is 5.50. The van der Waals surface area contributed by atoms with Crippen LogP contribution in [0.1, 0.15) is 27.7 Å². The molecule has 1 aromatic carbocycles. The summed E-state index contributed by atoms with van der Waals surface area (Å²) in [6.07, 6.45) is -0.679. The third kappa shape index (κ3) is 5.29. The molecule has 0 fully saturated rings. The second kappa shape index (κ2) is 6.45. The minimum atomic E-state index is -0.679. The smallest absolute Gasteiger partial charge is 0.119 e. The molecular formula is C14H23NO2S. The predicted molar refractivity (Wildman–Crippen MR) is 77.2 cm³/mol. The van der Waals surface area contributed by atoms with Gasteiger partial charge in [-0.25, -0.2) is 0 Å². The number of aliphatic hydroxyl groups excluding tert-OH is 1. The average molecular weight is 269 g/mol. The highest BCUT2D eigenvalue weighted by Crippen LogP contribution is 2.25. The molecule has 0 aliphatic carbocycles. The van der Waals surface area contributed by atoms with Gasteiger partial charge in [0.25, 0.3) is 0 Å². The lowest BCUT2D eigenvalue weighted by atomic mass is 10.00. The zero-order chi connectivity index (χ0) is 13.8. The largest absolute Gasteiger partial charge is 0.491 e. The van der Waals surface area contributed by atoms with Crippen LogP contribution in [0, 0.1) is 0 Å². The molecule has 0 heterocycles. The Morgan fingerprint density at radius 2 is 1.83 bits per heavy atom. The van der Waals surface area contributed by atoms with Crippen LogP contribution < -0.4 is 10.5 Å². The monoisotopic (exact) mass is 269 g/mol. The lowest BCUT2D eigenvalue weighted by molar-refractivity contribution is 0.0545. The summed E-state index contributed by atoms with van der Waals surface area (Å²) in [6, 6.07) is 7.89. The van der Waals surface area contributed by atoms with E-state index in [1.165, 1.54) is 4.90 Å². The molecule has 3 nitrogen and oxygen atoms in total. The summed E-state index contributed by atoms with van der Waals surface area (Å²) >= 11 is 1.81. The van der Waals surface area contributed by atoms with Crippen molar-refractivity contribution in [2.45, 2.75) is 49.5 Å². The molecular weight excluding hydrogens is 246 g/mol. The Morgan fingerprint density at radius 1 is 1.28 bits per heavy atom. The van der Waals surface area contributed by atoms with E-state index in [0.29, 0.717) is 5.25 Å². The topological polar surface area (TPSA) is 55.5 Å². The maximum absolute atomic E-state index is 9.77. The number of benzene rings is 1. The molecule has 0 bridgehead atoms. The number of rotatable bonds is 6. The predicted octanol–water partition coefficient (Wildman–Crippen LogP) is 2.66. The first kappa shape index (κ1) is 15.3. The standard InChI is InChI=1S/C14H23NO2S/c1-10(2)18-12-7-5-11(6-8-12)17-9-13(16)14(3,4)15/h5-8,10,13,16H,9,15H2,1-4H3. The molecule has 0 amide bonds. The van der Waals surface area contributed by atoms with E-state index in [-0.39, 0.29) is 6.61 Å². The quantitative estimate of drug-likeness (QED) is 0.780. The Balaban J connectivity index is 2.49. The van der Waals surface area contributed by atoms with Crippen LogP contribution in [0.5, 0.6) is 5.75 Å². The Hall–Kier alpha value is -0.710. The van der Waals surface area contributed by atoms with Gasteiger partial charge in [0, 0.05) is 15.7 Å². The maximum atomic E-state index is 9.77. The molecule has 0 aliphatic heterocycles. The van der Waals surface area contributed by atoms with Gasteiger partial charge >= 0.3 is 0 Å². The van der Waals surface area contributed by atoms with E-state index < -0.39 is 11.6 Å². The normalized spacial score (nSPS) is 13.7. The first-order valence-electron chi connectivity index (χ1n) is 6.15. The zero-order valence-electron chi connectivity index (χ0n) is 11.5. The van der Waals surface area contributed by atoms with Crippen molar-refractivity contribution in [2.75, 3.05) is 6.61 Å². The van der Waals surface area contributed by atoms with Gasteiger partial charge in [-0.05, 0) is 38.1 Å². The van der Waals surface area contributed by atoms with Crippen molar-refractivity contribution in [2.24, 2.45) is 5.73 Å². The van der Waals surface area contributed by atoms with Gasteiger partial charge in [-0.3, -0.25) is 0 Å². The van der Waals surface area contributed by atoms with Gasteiger partial charge in [-0.2, -0.15) is 0 Å². The molecule has 0 radical (unpaired) electrons. The van der Waals surface area contributed by atoms with Gasteiger partial charge in [-0.1, -0.05) is 13.8 Å². The molecule has 1 unspecified atom stereocenters. The number of hydrogen-bond donors (Lipinski definition) is 2. The molecule has 0 aromatic heterocycles. The number of aliphatic hydroxyl groups is 1. The second-order valence-electron chi connectivity index (χ2n) is 5.29. The van der Waals surface area contributed by atoms with Crippen LogP contribution in [0.2, 0.25) is 0 Å². The van der Waals surface area contributed by atoms with Crippen LogP contribution in [0.4, 0.5) is 0 Å². The summed E-state index contributed by atoms with van der Waals surface area (Å²) in [6.45, 7) is 8.09. The molecule has 0 saturated heterocycles. The molecule has 0 spiro atoms. The Labute approximate surface area is 114 Å². The van der Waals surface area contributed by atoms with Gasteiger partial charge in [0.05, 0.1) is 0 Å². The molecule has 1 atom stereocenters. The minimum Gasteiger partial charge on any atom is -0.491 e. The van der Waals surface area contributed by atoms with Crippen molar-refractivity contribution in [3.05, 3.63) is 24.3 Å². The zero-order valence-corrected chi connectivity index (χ0v) is 12.3. The molecule has 18 heavy (non-hydrogen) atoms. The van der Waals surface area contributed by atoms with E-state index in [2.05, 4.69) is 13.8 Å². The lowest BCUT2D eigenvalue weighted by Crippen LogP contribution is -2.48. The molecule has 1 rings (SSSR count). The van der Waals surface area contributed by atoms with Crippen LogP contribution >= 0.6 is 11.8 Å². The maximum Gasteiger partial charge on any atom is 0.119 e. The first-order valence-corrected chi connectivity index (χ1v) is 7.03. The van der Waals surface area contributed by atoms with Gasteiger partial charge in [0.15, 0.2) is 0 Å². The van der Waals surface area contributed by atoms with Gasteiger partial charge in [0.2, 0.25) is 0 Å².